The Hall–Kier alpha value is -3.42. The van der Waals surface area contributed by atoms with Crippen LogP contribution < -0.4 is 5.32 Å². The Labute approximate surface area is 152 Å². The topological polar surface area (TPSA) is 55.6 Å². The Kier molecular flexibility index (Phi) is 4.02. The second-order valence-electron chi connectivity index (χ2n) is 5.90. The summed E-state index contributed by atoms with van der Waals surface area (Å²) >= 11 is 0. The number of benzene rings is 2. The van der Waals surface area contributed by atoms with Gasteiger partial charge in [-0.1, -0.05) is 36.4 Å². The Morgan fingerprint density at radius 2 is 1.48 bits per heavy atom. The number of anilines is 2. The molecule has 4 rings (SSSR count). The highest BCUT2D eigenvalue weighted by molar-refractivity contribution is 5.78. The molecule has 2 aromatic heterocycles. The molecule has 2 heterocycles. The number of aryl methyl sites for hydroxylation is 1. The Bertz CT molecular complexity index is 1090. The number of nitrogens with one attached hydrogen (secondary N) is 1. The van der Waals surface area contributed by atoms with Crippen molar-refractivity contribution in [1.29, 1.82) is 0 Å². The molecule has 0 bridgehead atoms. The van der Waals surface area contributed by atoms with Crippen molar-refractivity contribution in [2.24, 2.45) is 0 Å². The van der Waals surface area contributed by atoms with E-state index in [1.807, 2.05) is 30.3 Å². The number of hydrogen-bond acceptors (Lipinski definition) is 4. The van der Waals surface area contributed by atoms with Crippen molar-refractivity contribution in [2.75, 3.05) is 5.32 Å². The van der Waals surface area contributed by atoms with Crippen LogP contribution in [0, 0.1) is 6.92 Å². The Morgan fingerprint density at radius 1 is 0.852 bits per heavy atom. The lowest BCUT2D eigenvalue weighted by molar-refractivity contribution is -0.145. The maximum atomic E-state index is 13.6. The van der Waals surface area contributed by atoms with Crippen LogP contribution in [0.15, 0.2) is 60.7 Å². The minimum absolute atomic E-state index is 0.0967. The number of imidazole rings is 1. The highest BCUT2D eigenvalue weighted by Crippen LogP contribution is 2.34. The zero-order chi connectivity index (χ0) is 19.0. The molecule has 2 aromatic carbocycles. The van der Waals surface area contributed by atoms with E-state index in [-0.39, 0.29) is 17.1 Å². The third-order valence-corrected chi connectivity index (χ3v) is 3.98. The molecular weight excluding hydrogens is 355 g/mol. The molecule has 0 spiro atoms. The summed E-state index contributed by atoms with van der Waals surface area (Å²) in [5.74, 6) is -0.824. The highest BCUT2D eigenvalue weighted by atomic mass is 19.4. The highest BCUT2D eigenvalue weighted by Gasteiger charge is 2.39. The molecule has 0 fully saturated rings. The van der Waals surface area contributed by atoms with Gasteiger partial charge in [0.2, 0.25) is 11.8 Å². The summed E-state index contributed by atoms with van der Waals surface area (Å²) in [4.78, 5) is 12.4. The van der Waals surface area contributed by atoms with Crippen LogP contribution in [0.3, 0.4) is 0 Å². The summed E-state index contributed by atoms with van der Waals surface area (Å²) in [6.07, 6.45) is -4.63. The van der Waals surface area contributed by atoms with Gasteiger partial charge in [0.05, 0.1) is 5.69 Å². The van der Waals surface area contributed by atoms with Crippen LogP contribution in [0.25, 0.3) is 16.9 Å². The van der Waals surface area contributed by atoms with Gasteiger partial charge in [-0.05, 0) is 31.2 Å². The van der Waals surface area contributed by atoms with Crippen molar-refractivity contribution in [1.82, 2.24) is 19.5 Å². The van der Waals surface area contributed by atoms with Crippen molar-refractivity contribution < 1.29 is 13.2 Å². The summed E-state index contributed by atoms with van der Waals surface area (Å²) in [7, 11) is 0. The molecule has 0 saturated heterocycles. The molecule has 0 atom stereocenters. The molecule has 0 radical (unpaired) electrons. The van der Waals surface area contributed by atoms with Crippen LogP contribution >= 0.6 is 0 Å². The number of fused-ring (bicyclic) bond motifs is 1. The van der Waals surface area contributed by atoms with E-state index < -0.39 is 12.0 Å². The van der Waals surface area contributed by atoms with Crippen LogP contribution in [0.2, 0.25) is 0 Å². The molecule has 0 aliphatic carbocycles. The van der Waals surface area contributed by atoms with Gasteiger partial charge in [0.15, 0.2) is 5.65 Å². The van der Waals surface area contributed by atoms with E-state index in [1.165, 1.54) is 0 Å². The van der Waals surface area contributed by atoms with E-state index >= 15 is 0 Å². The molecule has 0 aliphatic heterocycles. The van der Waals surface area contributed by atoms with Crippen LogP contribution in [0.4, 0.5) is 24.8 Å². The third-order valence-electron chi connectivity index (χ3n) is 3.98. The zero-order valence-electron chi connectivity index (χ0n) is 14.2. The van der Waals surface area contributed by atoms with Crippen molar-refractivity contribution in [3.8, 4) is 5.69 Å². The fraction of sp³-hybridized carbons (Fsp3) is 0.105. The number of hydrogen-bond donors (Lipinski definition) is 1. The molecule has 5 nitrogen and oxygen atoms in total. The molecule has 0 aliphatic rings. The second kappa shape index (κ2) is 6.39. The van der Waals surface area contributed by atoms with Crippen molar-refractivity contribution in [3.63, 3.8) is 0 Å². The second-order valence-corrected chi connectivity index (χ2v) is 5.90. The molecule has 0 unspecified atom stereocenters. The average molecular weight is 369 g/mol. The lowest BCUT2D eigenvalue weighted by Crippen LogP contribution is -2.14. The maximum absolute atomic E-state index is 13.6. The summed E-state index contributed by atoms with van der Waals surface area (Å²) in [5.41, 5.74) is 1.64. The summed E-state index contributed by atoms with van der Waals surface area (Å²) < 4.78 is 41.8. The molecule has 136 valence electrons. The first-order valence-electron chi connectivity index (χ1n) is 8.15. The van der Waals surface area contributed by atoms with Gasteiger partial charge in [-0.25, -0.2) is 9.97 Å². The Balaban J connectivity index is 1.94. The summed E-state index contributed by atoms with van der Waals surface area (Å²) in [6, 6.07) is 17.4. The van der Waals surface area contributed by atoms with E-state index in [2.05, 4.69) is 20.3 Å². The van der Waals surface area contributed by atoms with E-state index in [0.717, 1.165) is 10.3 Å². The lowest BCUT2D eigenvalue weighted by atomic mass is 10.3. The van der Waals surface area contributed by atoms with E-state index in [9.17, 15) is 13.2 Å². The van der Waals surface area contributed by atoms with Gasteiger partial charge in [-0.15, -0.1) is 0 Å². The van der Waals surface area contributed by atoms with Crippen molar-refractivity contribution >= 4 is 22.8 Å². The van der Waals surface area contributed by atoms with Gasteiger partial charge < -0.3 is 5.32 Å². The molecule has 8 heteroatoms. The predicted octanol–water partition coefficient (Wildman–Crippen LogP) is 4.89. The van der Waals surface area contributed by atoms with Crippen LogP contribution in [0.5, 0.6) is 0 Å². The average Bonchev–Trinajstić information content (AvgIpc) is 3.04. The number of para-hydroxylation sites is 2. The first kappa shape index (κ1) is 17.0. The van der Waals surface area contributed by atoms with E-state index in [0.29, 0.717) is 11.4 Å². The minimum Gasteiger partial charge on any atom is -0.324 e. The van der Waals surface area contributed by atoms with E-state index in [4.69, 9.17) is 0 Å². The fourth-order valence-electron chi connectivity index (χ4n) is 2.81. The largest absolute Gasteiger partial charge is 0.450 e. The zero-order valence-corrected chi connectivity index (χ0v) is 14.2. The van der Waals surface area contributed by atoms with Gasteiger partial charge in [0.25, 0.3) is 0 Å². The van der Waals surface area contributed by atoms with E-state index in [1.54, 1.807) is 37.3 Å². The molecule has 0 saturated carbocycles. The van der Waals surface area contributed by atoms with Gasteiger partial charge >= 0.3 is 6.18 Å². The van der Waals surface area contributed by atoms with Gasteiger partial charge in [-0.2, -0.15) is 18.2 Å². The number of aromatic nitrogens is 4. The normalized spacial score (nSPS) is 11.7. The van der Waals surface area contributed by atoms with Crippen LogP contribution in [0.1, 0.15) is 11.5 Å². The first-order valence-corrected chi connectivity index (χ1v) is 8.15. The standard InChI is InChI=1S/C19H14F3N5/c1-12-15-16(26-18(23-12)24-13-8-4-2-5-9-13)27(14-10-6-3-7-11-14)17(25-15)19(20,21)22/h2-11H,1H3,(H,23,24,26). The monoisotopic (exact) mass is 369 g/mol. The number of rotatable bonds is 3. The summed E-state index contributed by atoms with van der Waals surface area (Å²) in [6.45, 7) is 1.61. The SMILES string of the molecule is Cc1nc(Nc2ccccc2)nc2c1nc(C(F)(F)F)n2-c1ccccc1. The smallest absolute Gasteiger partial charge is 0.324 e. The third kappa shape index (κ3) is 3.21. The molecule has 0 amide bonds. The van der Waals surface area contributed by atoms with Gasteiger partial charge in [0.1, 0.15) is 5.52 Å². The Morgan fingerprint density at radius 3 is 2.11 bits per heavy atom. The quantitative estimate of drug-likeness (QED) is 0.559. The number of nitrogens with zero attached hydrogens (tertiary/aromatic N) is 4. The molecule has 1 N–H and O–H groups in total. The predicted molar refractivity (Wildman–Crippen MR) is 96.1 cm³/mol. The van der Waals surface area contributed by atoms with Crippen LogP contribution in [-0.2, 0) is 6.18 Å². The van der Waals surface area contributed by atoms with Gasteiger partial charge in [0, 0.05) is 11.4 Å². The lowest BCUT2D eigenvalue weighted by Gasteiger charge is -2.11. The number of alkyl halides is 3. The van der Waals surface area contributed by atoms with Gasteiger partial charge in [-0.3, -0.25) is 4.57 Å². The first-order chi connectivity index (χ1) is 12.9. The molecule has 27 heavy (non-hydrogen) atoms. The van der Waals surface area contributed by atoms with Crippen LogP contribution in [-0.4, -0.2) is 19.5 Å². The fourth-order valence-corrected chi connectivity index (χ4v) is 2.81. The molecular formula is C19H14F3N5. The molecule has 4 aromatic rings. The maximum Gasteiger partial charge on any atom is 0.450 e. The minimum atomic E-state index is -4.63. The number of halogens is 3. The summed E-state index contributed by atoms with van der Waals surface area (Å²) in [5, 5.41) is 3.02. The van der Waals surface area contributed by atoms with Crippen molar-refractivity contribution in [3.05, 3.63) is 72.2 Å². The van der Waals surface area contributed by atoms with Crippen molar-refractivity contribution in [2.45, 2.75) is 13.1 Å².